The van der Waals surface area contributed by atoms with Crippen molar-refractivity contribution in [1.82, 2.24) is 15.6 Å². The Bertz CT molecular complexity index is 891. The third kappa shape index (κ3) is 4.99. The van der Waals surface area contributed by atoms with Crippen molar-refractivity contribution < 1.29 is 22.8 Å². The number of carbonyl (C=O) groups is 2. The van der Waals surface area contributed by atoms with Gasteiger partial charge in [-0.3, -0.25) is 14.6 Å². The molecule has 2 N–H and O–H groups in total. The van der Waals surface area contributed by atoms with Gasteiger partial charge in [-0.15, -0.1) is 0 Å². The van der Waals surface area contributed by atoms with Crippen LogP contribution >= 0.6 is 0 Å². The number of amides is 2. The third-order valence-corrected chi connectivity index (χ3v) is 5.13. The van der Waals surface area contributed by atoms with Crippen LogP contribution in [0.25, 0.3) is 0 Å². The highest BCUT2D eigenvalue weighted by Gasteiger charge is 2.33. The van der Waals surface area contributed by atoms with Crippen molar-refractivity contribution in [2.45, 2.75) is 52.0 Å². The first-order valence-electron chi connectivity index (χ1n) is 9.69. The van der Waals surface area contributed by atoms with Crippen molar-refractivity contribution in [1.29, 1.82) is 0 Å². The Morgan fingerprint density at radius 3 is 2.55 bits per heavy atom. The van der Waals surface area contributed by atoms with E-state index in [1.54, 1.807) is 6.07 Å². The molecule has 0 aliphatic heterocycles. The van der Waals surface area contributed by atoms with Gasteiger partial charge < -0.3 is 15.1 Å². The van der Waals surface area contributed by atoms with Crippen LogP contribution in [0.3, 0.4) is 0 Å². The average Bonchev–Trinajstić information content (AvgIpc) is 3.39. The van der Waals surface area contributed by atoms with Gasteiger partial charge in [-0.05, 0) is 49.3 Å². The van der Waals surface area contributed by atoms with Crippen LogP contribution in [0.5, 0.6) is 0 Å². The van der Waals surface area contributed by atoms with Crippen molar-refractivity contribution in [3.8, 4) is 0 Å². The predicted octanol–water partition coefficient (Wildman–Crippen LogP) is 3.98. The maximum absolute atomic E-state index is 12.9. The van der Waals surface area contributed by atoms with E-state index in [1.165, 1.54) is 19.3 Å². The second kappa shape index (κ2) is 8.71. The van der Waals surface area contributed by atoms with E-state index in [0.29, 0.717) is 5.56 Å². The number of furan rings is 1. The van der Waals surface area contributed by atoms with Gasteiger partial charge in [0.1, 0.15) is 5.69 Å². The first kappa shape index (κ1) is 21.0. The number of hydrogen-bond acceptors (Lipinski definition) is 4. The summed E-state index contributed by atoms with van der Waals surface area (Å²) in [5.41, 5.74) is 1.03. The van der Waals surface area contributed by atoms with Crippen molar-refractivity contribution in [2.75, 3.05) is 6.54 Å². The Morgan fingerprint density at radius 1 is 1.24 bits per heavy atom. The second-order valence-corrected chi connectivity index (χ2v) is 7.71. The van der Waals surface area contributed by atoms with Crippen LogP contribution in [0.15, 0.2) is 29.0 Å². The van der Waals surface area contributed by atoms with E-state index in [9.17, 15) is 18.4 Å². The molecule has 156 valence electrons. The molecule has 3 rings (SSSR count). The average molecular weight is 405 g/mol. The zero-order valence-electron chi connectivity index (χ0n) is 16.7. The molecular formula is C21H25F2N3O3. The zero-order valence-corrected chi connectivity index (χ0v) is 16.7. The molecular weight excluding hydrogens is 380 g/mol. The molecule has 1 saturated carbocycles. The minimum atomic E-state index is -2.63. The summed E-state index contributed by atoms with van der Waals surface area (Å²) in [5.74, 6) is -0.0728. The molecule has 2 amide bonds. The summed E-state index contributed by atoms with van der Waals surface area (Å²) >= 11 is 0. The number of nitrogens with one attached hydrogen (secondary N) is 2. The molecule has 2 aromatic heterocycles. The normalized spacial score (nSPS) is 14.9. The molecule has 1 aliphatic carbocycles. The number of carbonyl (C=O) groups excluding carboxylic acids is 2. The van der Waals surface area contributed by atoms with Gasteiger partial charge in [-0.1, -0.05) is 13.8 Å². The lowest BCUT2D eigenvalue weighted by Gasteiger charge is -2.19. The summed E-state index contributed by atoms with van der Waals surface area (Å²) in [6.07, 6.45) is 1.80. The molecule has 8 heteroatoms. The number of aromatic nitrogens is 1. The van der Waals surface area contributed by atoms with Gasteiger partial charge in [0.2, 0.25) is 0 Å². The van der Waals surface area contributed by atoms with Crippen LogP contribution in [-0.2, 0) is 0 Å². The SMILES string of the molecule is Cc1cc(C(=O)NC(CNC(=O)c2occc2C(C)C)C2CC2)ncc1C(F)F. The Labute approximate surface area is 168 Å². The van der Waals surface area contributed by atoms with E-state index in [1.807, 2.05) is 13.8 Å². The molecule has 6 nitrogen and oxygen atoms in total. The molecule has 2 heterocycles. The van der Waals surface area contributed by atoms with Gasteiger partial charge in [-0.25, -0.2) is 8.78 Å². The number of hydrogen-bond donors (Lipinski definition) is 2. The maximum Gasteiger partial charge on any atom is 0.287 e. The number of halogens is 2. The quantitative estimate of drug-likeness (QED) is 0.696. The first-order valence-corrected chi connectivity index (χ1v) is 9.69. The Hall–Kier alpha value is -2.77. The highest BCUT2D eigenvalue weighted by molar-refractivity contribution is 5.94. The fraction of sp³-hybridized carbons (Fsp3) is 0.476. The zero-order chi connectivity index (χ0) is 21.1. The van der Waals surface area contributed by atoms with Gasteiger partial charge >= 0.3 is 0 Å². The molecule has 0 aromatic carbocycles. The third-order valence-electron chi connectivity index (χ3n) is 5.13. The Kier molecular flexibility index (Phi) is 6.30. The fourth-order valence-electron chi connectivity index (χ4n) is 3.24. The Balaban J connectivity index is 1.63. The lowest BCUT2D eigenvalue weighted by atomic mass is 10.0. The maximum atomic E-state index is 12.9. The highest BCUT2D eigenvalue weighted by Crippen LogP contribution is 2.32. The molecule has 0 radical (unpaired) electrons. The molecule has 29 heavy (non-hydrogen) atoms. The van der Waals surface area contributed by atoms with E-state index >= 15 is 0 Å². The van der Waals surface area contributed by atoms with Crippen molar-refractivity contribution >= 4 is 11.8 Å². The van der Waals surface area contributed by atoms with Crippen molar-refractivity contribution in [3.63, 3.8) is 0 Å². The van der Waals surface area contributed by atoms with Crippen LogP contribution in [0, 0.1) is 12.8 Å². The van der Waals surface area contributed by atoms with E-state index in [0.717, 1.165) is 24.6 Å². The number of alkyl halides is 2. The van der Waals surface area contributed by atoms with Crippen molar-refractivity contribution in [3.05, 3.63) is 52.7 Å². The molecule has 0 saturated heterocycles. The van der Waals surface area contributed by atoms with E-state index in [-0.39, 0.29) is 47.3 Å². The summed E-state index contributed by atoms with van der Waals surface area (Å²) in [6, 6.07) is 2.87. The summed E-state index contributed by atoms with van der Waals surface area (Å²) < 4.78 is 31.1. The molecule has 1 atom stereocenters. The van der Waals surface area contributed by atoms with Gasteiger partial charge in [0.25, 0.3) is 18.2 Å². The first-order chi connectivity index (χ1) is 13.8. The summed E-state index contributed by atoms with van der Waals surface area (Å²) in [4.78, 5) is 28.9. The highest BCUT2D eigenvalue weighted by atomic mass is 19.3. The largest absolute Gasteiger partial charge is 0.459 e. The van der Waals surface area contributed by atoms with E-state index in [2.05, 4.69) is 15.6 Å². The van der Waals surface area contributed by atoms with Gasteiger partial charge in [-0.2, -0.15) is 0 Å². The molecule has 2 aromatic rings. The minimum Gasteiger partial charge on any atom is -0.459 e. The number of nitrogens with zero attached hydrogens (tertiary/aromatic N) is 1. The summed E-state index contributed by atoms with van der Waals surface area (Å²) in [7, 11) is 0. The lowest BCUT2D eigenvalue weighted by molar-refractivity contribution is 0.0887. The van der Waals surface area contributed by atoms with Gasteiger partial charge in [0.05, 0.1) is 6.26 Å². The van der Waals surface area contributed by atoms with Crippen molar-refractivity contribution in [2.24, 2.45) is 5.92 Å². The molecule has 1 unspecified atom stereocenters. The predicted molar refractivity (Wildman–Crippen MR) is 103 cm³/mol. The van der Waals surface area contributed by atoms with E-state index in [4.69, 9.17) is 4.42 Å². The lowest BCUT2D eigenvalue weighted by Crippen LogP contribution is -2.45. The monoisotopic (exact) mass is 405 g/mol. The van der Waals surface area contributed by atoms with Crippen LogP contribution in [-0.4, -0.2) is 29.4 Å². The standard InChI is InChI=1S/C21H25F2N3O3/c1-11(2)14-6-7-29-18(14)21(28)25-10-17(13-4-5-13)26-20(27)16-8-12(3)15(9-24-16)19(22)23/h6-9,11,13,17,19H,4-5,10H2,1-3H3,(H,25,28)(H,26,27). The number of rotatable bonds is 8. The minimum absolute atomic E-state index is 0.0806. The molecule has 0 bridgehead atoms. The molecule has 1 fully saturated rings. The van der Waals surface area contributed by atoms with Crippen LogP contribution in [0.1, 0.15) is 76.8 Å². The summed E-state index contributed by atoms with van der Waals surface area (Å²) in [5, 5.41) is 5.70. The van der Waals surface area contributed by atoms with Gasteiger partial charge in [0.15, 0.2) is 5.76 Å². The topological polar surface area (TPSA) is 84.2 Å². The Morgan fingerprint density at radius 2 is 1.97 bits per heavy atom. The molecule has 0 spiro atoms. The van der Waals surface area contributed by atoms with Gasteiger partial charge in [0, 0.05) is 29.9 Å². The number of aryl methyl sites for hydroxylation is 1. The van der Waals surface area contributed by atoms with Crippen LogP contribution < -0.4 is 10.6 Å². The second-order valence-electron chi connectivity index (χ2n) is 7.71. The summed E-state index contributed by atoms with van der Waals surface area (Å²) in [6.45, 7) is 5.72. The number of pyridine rings is 1. The van der Waals surface area contributed by atoms with Crippen LogP contribution in [0.4, 0.5) is 8.78 Å². The van der Waals surface area contributed by atoms with E-state index < -0.39 is 12.3 Å². The molecule has 1 aliphatic rings. The smallest absolute Gasteiger partial charge is 0.287 e. The fourth-order valence-corrected chi connectivity index (χ4v) is 3.24. The van der Waals surface area contributed by atoms with Crippen LogP contribution in [0.2, 0.25) is 0 Å².